The van der Waals surface area contributed by atoms with Crippen molar-refractivity contribution < 1.29 is 9.53 Å². The summed E-state index contributed by atoms with van der Waals surface area (Å²) in [7, 11) is 0. The molecule has 4 nitrogen and oxygen atoms in total. The fourth-order valence-corrected chi connectivity index (χ4v) is 2.00. The lowest BCUT2D eigenvalue weighted by molar-refractivity contribution is -0.129. The summed E-state index contributed by atoms with van der Waals surface area (Å²) in [6, 6.07) is 2.21. The van der Waals surface area contributed by atoms with Gasteiger partial charge in [-0.3, -0.25) is 4.79 Å². The van der Waals surface area contributed by atoms with Crippen molar-refractivity contribution in [2.45, 2.75) is 59.5 Å². The molecule has 104 valence electrons. The SMILES string of the molecule is CCCC(C#N)(CCC)C(=O)NCCOC(C)C. The molecule has 1 N–H and O–H groups in total. The first-order valence-electron chi connectivity index (χ1n) is 6.83. The van der Waals surface area contributed by atoms with E-state index in [1.807, 2.05) is 27.7 Å². The zero-order valence-corrected chi connectivity index (χ0v) is 12.1. The summed E-state index contributed by atoms with van der Waals surface area (Å²) in [6.07, 6.45) is 3.07. The van der Waals surface area contributed by atoms with Crippen LogP contribution in [-0.2, 0) is 9.53 Å². The Kier molecular flexibility index (Phi) is 8.40. The maximum Gasteiger partial charge on any atom is 0.240 e. The van der Waals surface area contributed by atoms with Crippen LogP contribution in [0.25, 0.3) is 0 Å². The first kappa shape index (κ1) is 16.9. The molecule has 0 aliphatic rings. The van der Waals surface area contributed by atoms with Crippen molar-refractivity contribution >= 4 is 5.91 Å². The summed E-state index contributed by atoms with van der Waals surface area (Å²) in [5, 5.41) is 12.1. The zero-order chi connectivity index (χ0) is 14.0. The van der Waals surface area contributed by atoms with Gasteiger partial charge in [-0.05, 0) is 26.7 Å². The summed E-state index contributed by atoms with van der Waals surface area (Å²) in [6.45, 7) is 8.86. The van der Waals surface area contributed by atoms with Gasteiger partial charge in [-0.2, -0.15) is 5.26 Å². The predicted molar refractivity (Wildman–Crippen MR) is 72.0 cm³/mol. The van der Waals surface area contributed by atoms with E-state index in [-0.39, 0.29) is 12.0 Å². The summed E-state index contributed by atoms with van der Waals surface area (Å²) in [4.78, 5) is 12.1. The molecule has 0 aromatic rings. The Morgan fingerprint density at radius 2 is 1.89 bits per heavy atom. The third-order valence-corrected chi connectivity index (χ3v) is 2.84. The maximum atomic E-state index is 12.1. The van der Waals surface area contributed by atoms with Crippen molar-refractivity contribution in [2.24, 2.45) is 5.41 Å². The topological polar surface area (TPSA) is 62.1 Å². The van der Waals surface area contributed by atoms with E-state index in [4.69, 9.17) is 4.74 Å². The number of hydrogen-bond donors (Lipinski definition) is 1. The number of amides is 1. The highest BCUT2D eigenvalue weighted by molar-refractivity contribution is 5.85. The average molecular weight is 254 g/mol. The van der Waals surface area contributed by atoms with Crippen LogP contribution in [0.3, 0.4) is 0 Å². The normalized spacial score (nSPS) is 11.3. The van der Waals surface area contributed by atoms with Gasteiger partial charge in [0.1, 0.15) is 5.41 Å². The Balaban J connectivity index is 4.34. The van der Waals surface area contributed by atoms with Gasteiger partial charge in [-0.1, -0.05) is 26.7 Å². The Hall–Kier alpha value is -1.08. The van der Waals surface area contributed by atoms with E-state index in [1.165, 1.54) is 0 Å². The fourth-order valence-electron chi connectivity index (χ4n) is 2.00. The molecule has 0 saturated carbocycles. The highest BCUT2D eigenvalue weighted by Gasteiger charge is 2.36. The van der Waals surface area contributed by atoms with E-state index < -0.39 is 5.41 Å². The molecule has 0 rings (SSSR count). The molecule has 0 heterocycles. The number of nitrogens with one attached hydrogen (secondary N) is 1. The smallest absolute Gasteiger partial charge is 0.240 e. The van der Waals surface area contributed by atoms with Crippen LogP contribution in [-0.4, -0.2) is 25.2 Å². The van der Waals surface area contributed by atoms with Crippen LogP contribution < -0.4 is 5.32 Å². The Bertz CT molecular complexity index is 276. The van der Waals surface area contributed by atoms with E-state index in [2.05, 4.69) is 11.4 Å². The number of hydrogen-bond acceptors (Lipinski definition) is 3. The first-order valence-corrected chi connectivity index (χ1v) is 6.83. The van der Waals surface area contributed by atoms with Gasteiger partial charge in [0.15, 0.2) is 0 Å². The number of carbonyl (C=O) groups excluding carboxylic acids is 1. The lowest BCUT2D eigenvalue weighted by atomic mass is 9.80. The van der Waals surface area contributed by atoms with E-state index in [0.717, 1.165) is 12.8 Å². The van der Waals surface area contributed by atoms with E-state index >= 15 is 0 Å². The Morgan fingerprint density at radius 1 is 1.33 bits per heavy atom. The first-order chi connectivity index (χ1) is 8.52. The predicted octanol–water partition coefficient (Wildman–Crippen LogP) is 2.64. The number of carbonyl (C=O) groups is 1. The monoisotopic (exact) mass is 254 g/mol. The van der Waals surface area contributed by atoms with Crippen molar-refractivity contribution in [3.8, 4) is 6.07 Å². The average Bonchev–Trinajstić information content (AvgIpc) is 2.33. The van der Waals surface area contributed by atoms with Crippen molar-refractivity contribution in [2.75, 3.05) is 13.2 Å². The lowest BCUT2D eigenvalue weighted by Crippen LogP contribution is -2.41. The molecule has 0 aliphatic carbocycles. The fraction of sp³-hybridized carbons (Fsp3) is 0.857. The molecule has 0 fully saturated rings. The molecule has 0 radical (unpaired) electrons. The molecule has 0 aliphatic heterocycles. The minimum absolute atomic E-state index is 0.152. The molecular formula is C14H26N2O2. The largest absolute Gasteiger partial charge is 0.377 e. The molecule has 18 heavy (non-hydrogen) atoms. The van der Waals surface area contributed by atoms with Gasteiger partial charge in [0.2, 0.25) is 5.91 Å². The standard InChI is InChI=1S/C14H26N2O2/c1-5-7-14(11-15,8-6-2)13(17)16-9-10-18-12(3)4/h12H,5-10H2,1-4H3,(H,16,17). The molecule has 0 aromatic heterocycles. The van der Waals surface area contributed by atoms with Gasteiger partial charge < -0.3 is 10.1 Å². The minimum Gasteiger partial charge on any atom is -0.377 e. The van der Waals surface area contributed by atoms with E-state index in [9.17, 15) is 10.1 Å². The van der Waals surface area contributed by atoms with Crippen LogP contribution in [0.1, 0.15) is 53.4 Å². The molecular weight excluding hydrogens is 228 g/mol. The number of nitriles is 1. The second-order valence-electron chi connectivity index (χ2n) is 4.87. The number of nitrogens with zero attached hydrogens (tertiary/aromatic N) is 1. The van der Waals surface area contributed by atoms with Gasteiger partial charge in [0.25, 0.3) is 0 Å². The van der Waals surface area contributed by atoms with Crippen LogP contribution in [0.4, 0.5) is 0 Å². The zero-order valence-electron chi connectivity index (χ0n) is 12.1. The molecule has 0 unspecified atom stereocenters. The molecule has 0 spiro atoms. The molecule has 4 heteroatoms. The molecule has 1 amide bonds. The van der Waals surface area contributed by atoms with Gasteiger partial charge in [-0.15, -0.1) is 0 Å². The third-order valence-electron chi connectivity index (χ3n) is 2.84. The van der Waals surface area contributed by atoms with Crippen LogP contribution in [0.2, 0.25) is 0 Å². The van der Waals surface area contributed by atoms with Crippen molar-refractivity contribution in [1.29, 1.82) is 5.26 Å². The molecule has 0 aromatic carbocycles. The number of rotatable bonds is 9. The second kappa shape index (κ2) is 8.93. The van der Waals surface area contributed by atoms with Crippen LogP contribution in [0.5, 0.6) is 0 Å². The third kappa shape index (κ3) is 5.50. The van der Waals surface area contributed by atoms with Crippen molar-refractivity contribution in [1.82, 2.24) is 5.32 Å². The Labute approximate surface area is 111 Å². The van der Waals surface area contributed by atoms with E-state index in [1.54, 1.807) is 0 Å². The van der Waals surface area contributed by atoms with Gasteiger partial charge >= 0.3 is 0 Å². The van der Waals surface area contributed by atoms with Crippen LogP contribution in [0, 0.1) is 16.7 Å². The van der Waals surface area contributed by atoms with Crippen molar-refractivity contribution in [3.63, 3.8) is 0 Å². The molecule has 0 saturated heterocycles. The quantitative estimate of drug-likeness (QED) is 0.643. The second-order valence-corrected chi connectivity index (χ2v) is 4.87. The van der Waals surface area contributed by atoms with Gasteiger partial charge in [-0.25, -0.2) is 0 Å². The summed E-state index contributed by atoms with van der Waals surface area (Å²) in [5.74, 6) is -0.152. The molecule has 0 bridgehead atoms. The highest BCUT2D eigenvalue weighted by Crippen LogP contribution is 2.29. The lowest BCUT2D eigenvalue weighted by Gasteiger charge is -2.24. The summed E-state index contributed by atoms with van der Waals surface area (Å²) < 4.78 is 5.36. The van der Waals surface area contributed by atoms with Gasteiger partial charge in [0, 0.05) is 6.54 Å². The highest BCUT2D eigenvalue weighted by atomic mass is 16.5. The van der Waals surface area contributed by atoms with Gasteiger partial charge in [0.05, 0.1) is 18.8 Å². The minimum atomic E-state index is -0.860. The maximum absolute atomic E-state index is 12.1. The van der Waals surface area contributed by atoms with E-state index in [0.29, 0.717) is 26.0 Å². The summed E-state index contributed by atoms with van der Waals surface area (Å²) >= 11 is 0. The van der Waals surface area contributed by atoms with Crippen molar-refractivity contribution in [3.05, 3.63) is 0 Å². The Morgan fingerprint density at radius 3 is 2.28 bits per heavy atom. The summed E-state index contributed by atoms with van der Waals surface area (Å²) in [5.41, 5.74) is -0.860. The van der Waals surface area contributed by atoms with Crippen LogP contribution in [0.15, 0.2) is 0 Å². The number of ether oxygens (including phenoxy) is 1. The van der Waals surface area contributed by atoms with Crippen LogP contribution >= 0.6 is 0 Å². The molecule has 0 atom stereocenters.